The quantitative estimate of drug-likeness (QED) is 0.925. The Hall–Kier alpha value is -1.95. The highest BCUT2D eigenvalue weighted by Gasteiger charge is 2.26. The van der Waals surface area contributed by atoms with Crippen molar-refractivity contribution in [2.45, 2.75) is 31.1 Å². The number of para-hydroxylation sites is 1. The molecule has 0 spiro atoms. The molecule has 0 radical (unpaired) electrons. The van der Waals surface area contributed by atoms with Crippen LogP contribution in [-0.2, 0) is 15.4 Å². The maximum Gasteiger partial charge on any atom is 0.267 e. The standard InChI is InChI=1S/C16H17F2NO2S/c1-16(2,3)11-7-4-5-10-14(11)19-22(20,21)15-12(17)8-6-9-13(15)18/h4-10,19H,1-3H3. The van der Waals surface area contributed by atoms with E-state index >= 15 is 0 Å². The van der Waals surface area contributed by atoms with Crippen LogP contribution in [0.3, 0.4) is 0 Å². The fraction of sp³-hybridized carbons (Fsp3) is 0.250. The zero-order valence-electron chi connectivity index (χ0n) is 12.5. The number of benzene rings is 2. The lowest BCUT2D eigenvalue weighted by Crippen LogP contribution is -2.20. The van der Waals surface area contributed by atoms with Gasteiger partial charge >= 0.3 is 0 Å². The van der Waals surface area contributed by atoms with Gasteiger partial charge in [-0.2, -0.15) is 0 Å². The van der Waals surface area contributed by atoms with Crippen molar-refractivity contribution < 1.29 is 17.2 Å². The molecule has 0 unspecified atom stereocenters. The van der Waals surface area contributed by atoms with Crippen molar-refractivity contribution in [1.29, 1.82) is 0 Å². The second-order valence-corrected chi connectivity index (χ2v) is 7.57. The van der Waals surface area contributed by atoms with Gasteiger partial charge in [0.1, 0.15) is 11.6 Å². The molecule has 6 heteroatoms. The first-order valence-electron chi connectivity index (χ1n) is 6.69. The Morgan fingerprint density at radius 3 is 2.00 bits per heavy atom. The number of hydrogen-bond donors (Lipinski definition) is 1. The molecule has 0 atom stereocenters. The molecule has 1 N–H and O–H groups in total. The average molecular weight is 325 g/mol. The molecule has 0 bridgehead atoms. The summed E-state index contributed by atoms with van der Waals surface area (Å²) in [5.74, 6) is -2.25. The Labute approximate surface area is 129 Å². The highest BCUT2D eigenvalue weighted by atomic mass is 32.2. The zero-order valence-corrected chi connectivity index (χ0v) is 13.3. The van der Waals surface area contributed by atoms with Crippen molar-refractivity contribution in [1.82, 2.24) is 0 Å². The van der Waals surface area contributed by atoms with Crippen LogP contribution in [0.25, 0.3) is 0 Å². The van der Waals surface area contributed by atoms with Gasteiger partial charge in [0.25, 0.3) is 10.0 Å². The van der Waals surface area contributed by atoms with Crippen molar-refractivity contribution in [2.24, 2.45) is 0 Å². The SMILES string of the molecule is CC(C)(C)c1ccccc1NS(=O)(=O)c1c(F)cccc1F. The van der Waals surface area contributed by atoms with Gasteiger partial charge in [0.2, 0.25) is 0 Å². The highest BCUT2D eigenvalue weighted by Crippen LogP contribution is 2.31. The first kappa shape index (κ1) is 16.4. The fourth-order valence-electron chi connectivity index (χ4n) is 2.16. The van der Waals surface area contributed by atoms with Crippen LogP contribution in [-0.4, -0.2) is 8.42 Å². The summed E-state index contributed by atoms with van der Waals surface area (Å²) in [5, 5.41) is 0. The lowest BCUT2D eigenvalue weighted by atomic mass is 9.86. The molecule has 0 fully saturated rings. The lowest BCUT2D eigenvalue weighted by molar-refractivity contribution is 0.521. The van der Waals surface area contributed by atoms with Gasteiger partial charge in [0.05, 0.1) is 5.69 Å². The molecule has 22 heavy (non-hydrogen) atoms. The smallest absolute Gasteiger partial charge is 0.267 e. The van der Waals surface area contributed by atoms with Crippen LogP contribution in [0.2, 0.25) is 0 Å². The average Bonchev–Trinajstić information content (AvgIpc) is 2.36. The molecular weight excluding hydrogens is 308 g/mol. The first-order valence-corrected chi connectivity index (χ1v) is 8.17. The molecule has 0 heterocycles. The largest absolute Gasteiger partial charge is 0.279 e. The van der Waals surface area contributed by atoms with Crippen LogP contribution in [0.1, 0.15) is 26.3 Å². The van der Waals surface area contributed by atoms with Crippen molar-refractivity contribution in [3.05, 3.63) is 59.7 Å². The lowest BCUT2D eigenvalue weighted by Gasteiger charge is -2.23. The Balaban J connectivity index is 2.52. The normalized spacial score (nSPS) is 12.2. The summed E-state index contributed by atoms with van der Waals surface area (Å²) in [4.78, 5) is -0.973. The van der Waals surface area contributed by atoms with Gasteiger partial charge in [-0.3, -0.25) is 4.72 Å². The van der Waals surface area contributed by atoms with Crippen molar-refractivity contribution in [3.63, 3.8) is 0 Å². The molecule has 2 aromatic carbocycles. The summed E-state index contributed by atoms with van der Waals surface area (Å²) < 4.78 is 54.4. The van der Waals surface area contributed by atoms with Crippen LogP contribution in [0, 0.1) is 11.6 Å². The van der Waals surface area contributed by atoms with Crippen LogP contribution in [0.5, 0.6) is 0 Å². The Morgan fingerprint density at radius 1 is 0.909 bits per heavy atom. The predicted octanol–water partition coefficient (Wildman–Crippen LogP) is 4.06. The Bertz CT molecular complexity index is 776. The van der Waals surface area contributed by atoms with Crippen molar-refractivity contribution >= 4 is 15.7 Å². The van der Waals surface area contributed by atoms with Crippen molar-refractivity contribution in [3.8, 4) is 0 Å². The molecular formula is C16H17F2NO2S. The molecule has 0 aromatic heterocycles. The van der Waals surface area contributed by atoms with Gasteiger partial charge in [-0.25, -0.2) is 17.2 Å². The molecule has 0 saturated heterocycles. The van der Waals surface area contributed by atoms with E-state index in [1.165, 1.54) is 0 Å². The number of anilines is 1. The second-order valence-electron chi connectivity index (χ2n) is 5.95. The van der Waals surface area contributed by atoms with E-state index in [0.29, 0.717) is 5.69 Å². The molecule has 0 aliphatic heterocycles. The van der Waals surface area contributed by atoms with Gasteiger partial charge < -0.3 is 0 Å². The number of rotatable bonds is 3. The molecule has 0 aliphatic rings. The topological polar surface area (TPSA) is 46.2 Å². The second kappa shape index (κ2) is 5.68. The number of hydrogen-bond acceptors (Lipinski definition) is 2. The van der Waals surface area contributed by atoms with E-state index in [9.17, 15) is 17.2 Å². The predicted molar refractivity (Wildman–Crippen MR) is 82.3 cm³/mol. The van der Waals surface area contributed by atoms with Gasteiger partial charge in [0.15, 0.2) is 4.90 Å². The number of sulfonamides is 1. The van der Waals surface area contributed by atoms with E-state index in [4.69, 9.17) is 0 Å². The number of nitrogens with one attached hydrogen (secondary N) is 1. The van der Waals surface area contributed by atoms with Gasteiger partial charge in [-0.1, -0.05) is 45.0 Å². The first-order chi connectivity index (χ1) is 10.1. The van der Waals surface area contributed by atoms with E-state index < -0.39 is 26.6 Å². The van der Waals surface area contributed by atoms with Crippen LogP contribution < -0.4 is 4.72 Å². The maximum atomic E-state index is 13.7. The summed E-state index contributed by atoms with van der Waals surface area (Å²) in [7, 11) is -4.36. The third kappa shape index (κ3) is 3.27. The molecule has 2 rings (SSSR count). The molecule has 0 aliphatic carbocycles. The fourth-order valence-corrected chi connectivity index (χ4v) is 3.38. The molecule has 3 nitrogen and oxygen atoms in total. The van der Waals surface area contributed by atoms with Gasteiger partial charge in [0, 0.05) is 0 Å². The van der Waals surface area contributed by atoms with Crippen LogP contribution in [0.15, 0.2) is 47.4 Å². The van der Waals surface area contributed by atoms with Gasteiger partial charge in [-0.05, 0) is 29.2 Å². The Morgan fingerprint density at radius 2 is 1.45 bits per heavy atom. The summed E-state index contributed by atoms with van der Waals surface area (Å²) in [6.07, 6.45) is 0. The third-order valence-corrected chi connectivity index (χ3v) is 4.58. The minimum absolute atomic E-state index is 0.303. The minimum Gasteiger partial charge on any atom is -0.279 e. The summed E-state index contributed by atoms with van der Waals surface area (Å²) in [5.41, 5.74) is 0.709. The van der Waals surface area contributed by atoms with E-state index in [2.05, 4.69) is 4.72 Å². The van der Waals surface area contributed by atoms with E-state index in [1.54, 1.807) is 24.3 Å². The number of halogens is 2. The summed E-state index contributed by atoms with van der Waals surface area (Å²) >= 11 is 0. The van der Waals surface area contributed by atoms with Gasteiger partial charge in [-0.15, -0.1) is 0 Å². The van der Waals surface area contributed by atoms with E-state index in [0.717, 1.165) is 23.8 Å². The maximum absolute atomic E-state index is 13.7. The highest BCUT2D eigenvalue weighted by molar-refractivity contribution is 7.92. The molecule has 0 saturated carbocycles. The van der Waals surface area contributed by atoms with Crippen molar-refractivity contribution in [2.75, 3.05) is 4.72 Å². The van der Waals surface area contributed by atoms with E-state index in [1.807, 2.05) is 20.8 Å². The molecule has 0 amide bonds. The molecule has 118 valence electrons. The molecule has 2 aromatic rings. The van der Waals surface area contributed by atoms with Crippen LogP contribution in [0.4, 0.5) is 14.5 Å². The Kier molecular flexibility index (Phi) is 4.24. The summed E-state index contributed by atoms with van der Waals surface area (Å²) in [6.45, 7) is 5.76. The summed E-state index contributed by atoms with van der Waals surface area (Å²) in [6, 6.07) is 9.71. The third-order valence-electron chi connectivity index (χ3n) is 3.17. The van der Waals surface area contributed by atoms with E-state index in [-0.39, 0.29) is 5.41 Å². The monoisotopic (exact) mass is 325 g/mol. The zero-order chi connectivity index (χ0) is 16.5. The minimum atomic E-state index is -4.36. The van der Waals surface area contributed by atoms with Crippen LogP contribution >= 0.6 is 0 Å².